The molecule has 2 nitrogen and oxygen atoms in total. The molecule has 0 fully saturated rings. The lowest BCUT2D eigenvalue weighted by atomic mass is 10.0. The second-order valence-electron chi connectivity index (χ2n) is 4.26. The van der Waals surface area contributed by atoms with Crippen LogP contribution in [0.3, 0.4) is 0 Å². The summed E-state index contributed by atoms with van der Waals surface area (Å²) in [5.74, 6) is 0.876. The van der Waals surface area contributed by atoms with Gasteiger partial charge in [0.15, 0.2) is 0 Å². The van der Waals surface area contributed by atoms with Crippen molar-refractivity contribution < 1.29 is 4.79 Å². The smallest absolute Gasteiger partial charge is 0.233 e. The molecule has 0 aliphatic rings. The minimum atomic E-state index is 0.0662. The number of amides is 1. The van der Waals surface area contributed by atoms with Crippen molar-refractivity contribution in [1.29, 1.82) is 0 Å². The molecule has 0 aromatic rings. The van der Waals surface area contributed by atoms with Crippen LogP contribution in [0.4, 0.5) is 0 Å². The summed E-state index contributed by atoms with van der Waals surface area (Å²) in [5, 5.41) is 3.09. The Bertz CT molecular complexity index is 171. The molecule has 0 aliphatic heterocycles. The highest BCUT2D eigenvalue weighted by Gasteiger charge is 2.13. The van der Waals surface area contributed by atoms with E-state index >= 15 is 0 Å². The van der Waals surface area contributed by atoms with Crippen molar-refractivity contribution in [2.45, 2.75) is 51.8 Å². The van der Waals surface area contributed by atoms with Gasteiger partial charge >= 0.3 is 0 Å². The van der Waals surface area contributed by atoms with E-state index in [1.165, 1.54) is 6.42 Å². The van der Waals surface area contributed by atoms with Crippen LogP contribution in [0, 0.1) is 5.92 Å². The maximum absolute atomic E-state index is 11.5. The zero-order valence-electron chi connectivity index (χ0n) is 9.96. The van der Waals surface area contributed by atoms with Gasteiger partial charge in [-0.05, 0) is 38.9 Å². The first-order valence-electron chi connectivity index (χ1n) is 5.30. The van der Waals surface area contributed by atoms with Gasteiger partial charge in [0.05, 0.1) is 5.25 Å². The normalized spacial score (nSPS) is 15.3. The van der Waals surface area contributed by atoms with Crippen molar-refractivity contribution in [3.63, 3.8) is 0 Å². The molecule has 0 saturated carbocycles. The third kappa shape index (κ3) is 6.30. The van der Waals surface area contributed by atoms with Crippen molar-refractivity contribution in [3.05, 3.63) is 0 Å². The standard InChI is InChI=1S/C11H23NOS/c1-8(2)6-7-9(3)12-11(13)10(4)14-5/h8-10H,6-7H2,1-5H3,(H,12,13). The van der Waals surface area contributed by atoms with Gasteiger partial charge in [-0.3, -0.25) is 4.79 Å². The summed E-state index contributed by atoms with van der Waals surface area (Å²) in [6.07, 6.45) is 4.21. The maximum atomic E-state index is 11.5. The van der Waals surface area contributed by atoms with Gasteiger partial charge in [0.2, 0.25) is 5.91 Å². The molecule has 0 heterocycles. The molecule has 0 bridgehead atoms. The van der Waals surface area contributed by atoms with Crippen LogP contribution in [0.15, 0.2) is 0 Å². The average Bonchev–Trinajstić information content (AvgIpc) is 2.13. The van der Waals surface area contributed by atoms with Gasteiger partial charge in [-0.2, -0.15) is 11.8 Å². The van der Waals surface area contributed by atoms with E-state index in [9.17, 15) is 4.79 Å². The SMILES string of the molecule is CSC(C)C(=O)NC(C)CCC(C)C. The van der Waals surface area contributed by atoms with Gasteiger partial charge in [0, 0.05) is 6.04 Å². The fourth-order valence-electron chi connectivity index (χ4n) is 1.12. The quantitative estimate of drug-likeness (QED) is 0.741. The molecule has 0 spiro atoms. The van der Waals surface area contributed by atoms with Crippen molar-refractivity contribution in [2.24, 2.45) is 5.92 Å². The summed E-state index contributed by atoms with van der Waals surface area (Å²) in [4.78, 5) is 11.5. The van der Waals surface area contributed by atoms with Gasteiger partial charge in [-0.25, -0.2) is 0 Å². The first-order valence-corrected chi connectivity index (χ1v) is 6.59. The zero-order chi connectivity index (χ0) is 11.1. The molecular weight excluding hydrogens is 194 g/mol. The van der Waals surface area contributed by atoms with E-state index in [1.807, 2.05) is 13.2 Å². The third-order valence-corrected chi connectivity index (χ3v) is 3.21. The van der Waals surface area contributed by atoms with Crippen LogP contribution in [0.1, 0.15) is 40.5 Å². The van der Waals surface area contributed by atoms with Crippen LogP contribution in [0.5, 0.6) is 0 Å². The van der Waals surface area contributed by atoms with Crippen LogP contribution in [0.2, 0.25) is 0 Å². The van der Waals surface area contributed by atoms with Crippen LogP contribution in [-0.4, -0.2) is 23.5 Å². The average molecular weight is 217 g/mol. The lowest BCUT2D eigenvalue weighted by molar-refractivity contribution is -0.120. The van der Waals surface area contributed by atoms with Gasteiger partial charge < -0.3 is 5.32 Å². The van der Waals surface area contributed by atoms with Gasteiger partial charge in [0.1, 0.15) is 0 Å². The Morgan fingerprint density at radius 1 is 1.21 bits per heavy atom. The Hall–Kier alpha value is -0.180. The molecule has 0 rings (SSSR count). The maximum Gasteiger partial charge on any atom is 0.233 e. The molecule has 0 aromatic carbocycles. The lowest BCUT2D eigenvalue weighted by Crippen LogP contribution is -2.37. The topological polar surface area (TPSA) is 29.1 Å². The van der Waals surface area contributed by atoms with Crippen molar-refractivity contribution in [2.75, 3.05) is 6.26 Å². The fraction of sp³-hybridized carbons (Fsp3) is 0.909. The number of nitrogens with one attached hydrogen (secondary N) is 1. The zero-order valence-corrected chi connectivity index (χ0v) is 10.8. The molecule has 1 N–H and O–H groups in total. The second-order valence-corrected chi connectivity index (χ2v) is 5.44. The van der Waals surface area contributed by atoms with E-state index in [-0.39, 0.29) is 11.2 Å². The summed E-state index contributed by atoms with van der Waals surface area (Å²) >= 11 is 1.59. The molecule has 1 amide bonds. The monoisotopic (exact) mass is 217 g/mol. The van der Waals surface area contributed by atoms with E-state index < -0.39 is 0 Å². The summed E-state index contributed by atoms with van der Waals surface area (Å²) in [6.45, 7) is 8.43. The number of carbonyl (C=O) groups excluding carboxylic acids is 1. The number of carbonyl (C=O) groups is 1. The van der Waals surface area contributed by atoms with Crippen LogP contribution < -0.4 is 5.32 Å². The molecule has 0 aromatic heterocycles. The minimum absolute atomic E-state index is 0.0662. The summed E-state index contributed by atoms with van der Waals surface area (Å²) < 4.78 is 0. The van der Waals surface area contributed by atoms with Gasteiger partial charge in [-0.1, -0.05) is 13.8 Å². The molecule has 0 aliphatic carbocycles. The second kappa shape index (κ2) is 7.16. The van der Waals surface area contributed by atoms with Crippen LogP contribution in [0.25, 0.3) is 0 Å². The van der Waals surface area contributed by atoms with Crippen LogP contribution in [-0.2, 0) is 4.79 Å². The molecule has 2 unspecified atom stereocenters. The van der Waals surface area contributed by atoms with Gasteiger partial charge in [0.25, 0.3) is 0 Å². The molecule has 84 valence electrons. The van der Waals surface area contributed by atoms with Crippen molar-refractivity contribution in [3.8, 4) is 0 Å². The molecule has 0 radical (unpaired) electrons. The van der Waals surface area contributed by atoms with E-state index in [2.05, 4.69) is 26.1 Å². The van der Waals surface area contributed by atoms with Crippen molar-refractivity contribution in [1.82, 2.24) is 5.32 Å². The number of rotatable bonds is 6. The molecule has 14 heavy (non-hydrogen) atoms. The first-order chi connectivity index (χ1) is 6.47. The van der Waals surface area contributed by atoms with Crippen LogP contribution >= 0.6 is 11.8 Å². The van der Waals surface area contributed by atoms with Crippen molar-refractivity contribution >= 4 is 17.7 Å². The minimum Gasteiger partial charge on any atom is -0.353 e. The Morgan fingerprint density at radius 2 is 1.79 bits per heavy atom. The number of thioether (sulfide) groups is 1. The molecular formula is C11H23NOS. The highest BCUT2D eigenvalue weighted by molar-refractivity contribution is 7.99. The number of hydrogen-bond acceptors (Lipinski definition) is 2. The molecule has 2 atom stereocenters. The van der Waals surface area contributed by atoms with E-state index in [1.54, 1.807) is 11.8 Å². The first kappa shape index (κ1) is 13.8. The third-order valence-electron chi connectivity index (χ3n) is 2.29. The molecule has 3 heteroatoms. The van der Waals surface area contributed by atoms with E-state index in [0.717, 1.165) is 6.42 Å². The Kier molecular flexibility index (Phi) is 7.06. The van der Waals surface area contributed by atoms with Gasteiger partial charge in [-0.15, -0.1) is 0 Å². The Labute approximate surface area is 92.2 Å². The summed E-state index contributed by atoms with van der Waals surface area (Å²) in [7, 11) is 0. The summed E-state index contributed by atoms with van der Waals surface area (Å²) in [5.41, 5.74) is 0. The lowest BCUT2D eigenvalue weighted by Gasteiger charge is -2.17. The largest absolute Gasteiger partial charge is 0.353 e. The molecule has 0 saturated heterocycles. The van der Waals surface area contributed by atoms with E-state index in [4.69, 9.17) is 0 Å². The number of hydrogen-bond donors (Lipinski definition) is 1. The predicted molar refractivity (Wildman–Crippen MR) is 64.7 cm³/mol. The highest BCUT2D eigenvalue weighted by atomic mass is 32.2. The fourth-order valence-corrected chi connectivity index (χ4v) is 1.40. The highest BCUT2D eigenvalue weighted by Crippen LogP contribution is 2.08. The van der Waals surface area contributed by atoms with E-state index in [0.29, 0.717) is 12.0 Å². The Balaban J connectivity index is 3.71. The summed E-state index contributed by atoms with van der Waals surface area (Å²) in [6, 6.07) is 0.305. The predicted octanol–water partition coefficient (Wildman–Crippen LogP) is 2.68. The Morgan fingerprint density at radius 3 is 2.21 bits per heavy atom.